The number of para-hydroxylation sites is 2. The largest absolute Gasteiger partial charge is 0.455 e. The van der Waals surface area contributed by atoms with E-state index in [2.05, 4.69) is 205 Å². The van der Waals surface area contributed by atoms with Crippen molar-refractivity contribution in [2.45, 2.75) is 0 Å². The Balaban J connectivity index is 1.13. The van der Waals surface area contributed by atoms with Crippen LogP contribution in [-0.4, -0.2) is 0 Å². The Hall–Kier alpha value is -7.62. The maximum absolute atomic E-state index is 6.93. The summed E-state index contributed by atoms with van der Waals surface area (Å²) in [7, 11) is 0. The highest BCUT2D eigenvalue weighted by molar-refractivity contribution is 6.21. The van der Waals surface area contributed by atoms with E-state index in [1.807, 2.05) is 0 Å². The van der Waals surface area contributed by atoms with Crippen LogP contribution in [0, 0.1) is 0 Å². The molecule has 2 aromatic heterocycles. The van der Waals surface area contributed by atoms with Crippen LogP contribution in [0.4, 0.5) is 17.1 Å². The second-order valence-corrected chi connectivity index (χ2v) is 14.8. The van der Waals surface area contributed by atoms with Gasteiger partial charge < -0.3 is 13.7 Å². The van der Waals surface area contributed by atoms with Gasteiger partial charge in [0, 0.05) is 43.7 Å². The van der Waals surface area contributed by atoms with Gasteiger partial charge in [-0.2, -0.15) is 0 Å². The number of rotatable bonds is 5. The Bertz CT molecular complexity index is 3550. The molecule has 0 saturated heterocycles. The number of benzene rings is 10. The molecule has 57 heavy (non-hydrogen) atoms. The van der Waals surface area contributed by atoms with Crippen molar-refractivity contribution < 1.29 is 8.83 Å². The fourth-order valence-electron chi connectivity index (χ4n) is 8.96. The van der Waals surface area contributed by atoms with Crippen LogP contribution in [-0.2, 0) is 0 Å². The lowest BCUT2D eigenvalue weighted by Gasteiger charge is -2.29. The normalized spacial score (nSPS) is 11.9. The first-order chi connectivity index (χ1) is 28.3. The van der Waals surface area contributed by atoms with Gasteiger partial charge in [0.1, 0.15) is 22.3 Å². The number of anilines is 3. The van der Waals surface area contributed by atoms with E-state index in [-0.39, 0.29) is 0 Å². The minimum atomic E-state index is 0.846. The topological polar surface area (TPSA) is 29.5 Å². The summed E-state index contributed by atoms with van der Waals surface area (Å²) in [6.45, 7) is 0. The standard InChI is InChI=1S/C54H33NO2/c1-2-15-37-32-39(27-26-34(37)12-1)38-16-9-17-40(33-38)55(49-24-11-25-50-51(49)47-31-29-36-14-4-6-19-42(36)53(47)56-50)48-23-8-7-20-43(48)44-21-10-22-45-46-30-28-35-13-3-5-18-41(35)52(46)57-54(44)45/h1-33H. The van der Waals surface area contributed by atoms with Crippen LogP contribution in [0.5, 0.6) is 0 Å². The van der Waals surface area contributed by atoms with Crippen molar-refractivity contribution in [3.8, 4) is 22.3 Å². The molecule has 3 heteroatoms. The van der Waals surface area contributed by atoms with Crippen LogP contribution < -0.4 is 4.90 Å². The van der Waals surface area contributed by atoms with Gasteiger partial charge in [-0.3, -0.25) is 0 Å². The van der Waals surface area contributed by atoms with E-state index < -0.39 is 0 Å². The van der Waals surface area contributed by atoms with Crippen LogP contribution in [0.3, 0.4) is 0 Å². The van der Waals surface area contributed by atoms with E-state index in [1.54, 1.807) is 0 Å². The van der Waals surface area contributed by atoms with Gasteiger partial charge in [-0.15, -0.1) is 0 Å². The fraction of sp³-hybridized carbons (Fsp3) is 0. The molecule has 12 aromatic rings. The monoisotopic (exact) mass is 727 g/mol. The first-order valence-electron chi connectivity index (χ1n) is 19.4. The van der Waals surface area contributed by atoms with E-state index in [4.69, 9.17) is 8.83 Å². The lowest BCUT2D eigenvalue weighted by atomic mass is 9.97. The quantitative estimate of drug-likeness (QED) is 0.177. The smallest absolute Gasteiger partial charge is 0.143 e. The van der Waals surface area contributed by atoms with Gasteiger partial charge >= 0.3 is 0 Å². The SMILES string of the molecule is c1cc(-c2ccc3ccccc3c2)cc(N(c2ccccc2-c2cccc3c2oc2c4ccccc4ccc32)c2cccc3oc4c5ccccc5ccc4c23)c1. The van der Waals surface area contributed by atoms with Crippen molar-refractivity contribution in [2.75, 3.05) is 4.90 Å². The number of fused-ring (bicyclic) bond motifs is 11. The Morgan fingerprint density at radius 3 is 1.74 bits per heavy atom. The summed E-state index contributed by atoms with van der Waals surface area (Å²) in [6.07, 6.45) is 0. The zero-order chi connectivity index (χ0) is 37.5. The van der Waals surface area contributed by atoms with E-state index in [0.29, 0.717) is 0 Å². The van der Waals surface area contributed by atoms with Crippen LogP contribution >= 0.6 is 0 Å². The molecule has 10 aromatic carbocycles. The van der Waals surface area contributed by atoms with Gasteiger partial charge in [-0.25, -0.2) is 0 Å². The minimum absolute atomic E-state index is 0.846. The molecule has 2 heterocycles. The highest BCUT2D eigenvalue weighted by Gasteiger charge is 2.24. The second-order valence-electron chi connectivity index (χ2n) is 14.8. The lowest BCUT2D eigenvalue weighted by molar-refractivity contribution is 0.672. The molecule has 0 N–H and O–H groups in total. The Kier molecular flexibility index (Phi) is 6.93. The average molecular weight is 728 g/mol. The molecular weight excluding hydrogens is 695 g/mol. The molecule has 0 aliphatic heterocycles. The van der Waals surface area contributed by atoms with Gasteiger partial charge in [0.05, 0.1) is 16.8 Å². The number of furan rings is 2. The van der Waals surface area contributed by atoms with Crippen molar-refractivity contribution in [3.63, 3.8) is 0 Å². The third kappa shape index (κ3) is 4.92. The van der Waals surface area contributed by atoms with E-state index in [1.165, 1.54) is 16.3 Å². The summed E-state index contributed by atoms with van der Waals surface area (Å²) >= 11 is 0. The van der Waals surface area contributed by atoms with Crippen LogP contribution in [0.1, 0.15) is 0 Å². The highest BCUT2D eigenvalue weighted by Crippen LogP contribution is 2.49. The van der Waals surface area contributed by atoms with Gasteiger partial charge in [0.25, 0.3) is 0 Å². The molecule has 0 aliphatic rings. The molecule has 0 aliphatic carbocycles. The molecule has 0 spiro atoms. The van der Waals surface area contributed by atoms with Crippen molar-refractivity contribution in [3.05, 3.63) is 200 Å². The highest BCUT2D eigenvalue weighted by atomic mass is 16.3. The van der Waals surface area contributed by atoms with Crippen LogP contribution in [0.2, 0.25) is 0 Å². The molecular formula is C54H33NO2. The molecule has 0 unspecified atom stereocenters. The van der Waals surface area contributed by atoms with Gasteiger partial charge in [0.15, 0.2) is 0 Å². The van der Waals surface area contributed by atoms with Crippen LogP contribution in [0.15, 0.2) is 209 Å². The lowest BCUT2D eigenvalue weighted by Crippen LogP contribution is -2.11. The van der Waals surface area contributed by atoms with Gasteiger partial charge in [-0.05, 0) is 81.2 Å². The van der Waals surface area contributed by atoms with Crippen molar-refractivity contribution in [2.24, 2.45) is 0 Å². The van der Waals surface area contributed by atoms with E-state index in [0.717, 1.165) is 99.2 Å². The molecule has 266 valence electrons. The Morgan fingerprint density at radius 2 is 0.895 bits per heavy atom. The van der Waals surface area contributed by atoms with Gasteiger partial charge in [0.2, 0.25) is 0 Å². The summed E-state index contributed by atoms with van der Waals surface area (Å²) in [6, 6.07) is 71.5. The predicted octanol–water partition coefficient (Wildman–Crippen LogP) is 15.7. The van der Waals surface area contributed by atoms with Crippen molar-refractivity contribution in [1.82, 2.24) is 0 Å². The third-order valence-corrected chi connectivity index (χ3v) is 11.6. The summed E-state index contributed by atoms with van der Waals surface area (Å²) in [5.41, 5.74) is 11.1. The molecule has 0 amide bonds. The maximum Gasteiger partial charge on any atom is 0.143 e. The number of hydrogen-bond donors (Lipinski definition) is 0. The van der Waals surface area contributed by atoms with Gasteiger partial charge in [-0.1, -0.05) is 152 Å². The minimum Gasteiger partial charge on any atom is -0.455 e. The molecule has 3 nitrogen and oxygen atoms in total. The summed E-state index contributed by atoms with van der Waals surface area (Å²) in [4.78, 5) is 2.41. The van der Waals surface area contributed by atoms with Crippen molar-refractivity contribution in [1.29, 1.82) is 0 Å². The molecule has 0 fully saturated rings. The predicted molar refractivity (Wildman–Crippen MR) is 239 cm³/mol. The number of nitrogens with zero attached hydrogens (tertiary/aromatic N) is 1. The maximum atomic E-state index is 6.93. The van der Waals surface area contributed by atoms with E-state index >= 15 is 0 Å². The molecule has 0 bridgehead atoms. The molecule has 0 atom stereocenters. The molecule has 12 rings (SSSR count). The molecule has 0 saturated carbocycles. The second kappa shape index (κ2) is 12.5. The summed E-state index contributed by atoms with van der Waals surface area (Å²) in [5, 5.41) is 11.3. The Morgan fingerprint density at radius 1 is 0.316 bits per heavy atom. The first kappa shape index (κ1) is 31.7. The zero-order valence-corrected chi connectivity index (χ0v) is 30.8. The fourth-order valence-corrected chi connectivity index (χ4v) is 8.96. The van der Waals surface area contributed by atoms with E-state index in [9.17, 15) is 0 Å². The Labute approximate surface area is 328 Å². The first-order valence-corrected chi connectivity index (χ1v) is 19.4. The van der Waals surface area contributed by atoms with Crippen LogP contribution in [0.25, 0.3) is 98.4 Å². The number of hydrogen-bond acceptors (Lipinski definition) is 3. The zero-order valence-electron chi connectivity index (χ0n) is 30.8. The molecule has 0 radical (unpaired) electrons. The summed E-state index contributed by atoms with van der Waals surface area (Å²) in [5.74, 6) is 0. The van der Waals surface area contributed by atoms with Crippen molar-refractivity contribution >= 4 is 93.3 Å². The summed E-state index contributed by atoms with van der Waals surface area (Å²) < 4.78 is 13.7. The average Bonchev–Trinajstić information content (AvgIpc) is 3.87. The third-order valence-electron chi connectivity index (χ3n) is 11.6.